The fourth-order valence-electron chi connectivity index (χ4n) is 5.64. The van der Waals surface area contributed by atoms with Crippen LogP contribution in [-0.4, -0.2) is 89.2 Å². The number of hydrogen-bond donors (Lipinski definition) is 2. The normalized spacial score (nSPS) is 17.7. The van der Waals surface area contributed by atoms with Crippen LogP contribution in [0.5, 0.6) is 17.2 Å². The van der Waals surface area contributed by atoms with Crippen LogP contribution in [0.15, 0.2) is 29.1 Å². The maximum Gasteiger partial charge on any atom is 0.244 e. The Hall–Kier alpha value is -3.84. The van der Waals surface area contributed by atoms with Gasteiger partial charge in [0.2, 0.25) is 33.0 Å². The highest BCUT2D eigenvalue weighted by molar-refractivity contribution is 7.88. The zero-order valence-corrected chi connectivity index (χ0v) is 25.6. The summed E-state index contributed by atoms with van der Waals surface area (Å²) in [4.78, 5) is 40.5. The van der Waals surface area contributed by atoms with Crippen molar-refractivity contribution in [2.24, 2.45) is 0 Å². The summed E-state index contributed by atoms with van der Waals surface area (Å²) >= 11 is 0. The topological polar surface area (TPSA) is 144 Å². The molecule has 42 heavy (non-hydrogen) atoms. The molecule has 0 aromatic heterocycles. The van der Waals surface area contributed by atoms with Crippen LogP contribution in [0, 0.1) is 0 Å². The number of nitrogens with zero attached hydrogens (tertiary/aromatic N) is 2. The van der Waals surface area contributed by atoms with Gasteiger partial charge in [0.05, 0.1) is 39.3 Å². The molecule has 12 nitrogen and oxygen atoms in total. The van der Waals surface area contributed by atoms with Crippen LogP contribution in [0.2, 0.25) is 0 Å². The van der Waals surface area contributed by atoms with Crippen LogP contribution in [-0.2, 0) is 26.0 Å². The molecule has 228 valence electrons. The number of sulfonamides is 1. The van der Waals surface area contributed by atoms with E-state index in [9.17, 15) is 22.8 Å². The Bertz CT molecular complexity index is 1540. The predicted molar refractivity (Wildman–Crippen MR) is 159 cm³/mol. The van der Waals surface area contributed by atoms with Gasteiger partial charge in [-0.25, -0.2) is 8.42 Å². The lowest BCUT2D eigenvalue weighted by atomic mass is 9.95. The zero-order chi connectivity index (χ0) is 30.8. The molecule has 0 radical (unpaired) electrons. The summed E-state index contributed by atoms with van der Waals surface area (Å²) in [6.45, 7) is 4.06. The number of rotatable bonds is 8. The first-order valence-corrected chi connectivity index (χ1v) is 15.5. The highest BCUT2D eigenvalue weighted by Gasteiger charge is 2.31. The van der Waals surface area contributed by atoms with Gasteiger partial charge >= 0.3 is 0 Å². The number of methoxy groups -OCH3 is 3. The van der Waals surface area contributed by atoms with Gasteiger partial charge in [0.15, 0.2) is 11.5 Å². The van der Waals surface area contributed by atoms with E-state index in [0.29, 0.717) is 41.2 Å². The quantitative estimate of drug-likeness (QED) is 0.462. The molecule has 1 aliphatic carbocycles. The second kappa shape index (κ2) is 12.6. The Balaban J connectivity index is 1.74. The van der Waals surface area contributed by atoms with Crippen molar-refractivity contribution in [3.63, 3.8) is 0 Å². The van der Waals surface area contributed by atoms with Gasteiger partial charge in [-0.1, -0.05) is 6.07 Å². The molecule has 1 heterocycles. The van der Waals surface area contributed by atoms with Crippen LogP contribution in [0.4, 0.5) is 5.69 Å². The number of carbonyl (C=O) groups excluding carboxylic acids is 2. The van der Waals surface area contributed by atoms with Gasteiger partial charge in [0.1, 0.15) is 6.04 Å². The maximum atomic E-state index is 13.6. The van der Waals surface area contributed by atoms with Gasteiger partial charge < -0.3 is 29.7 Å². The van der Waals surface area contributed by atoms with E-state index in [0.717, 1.165) is 17.4 Å². The SMILES string of the molecule is COc1cc2c(c(OC)c1OC)-c1ccc(N[C@H](C)C(=O)N3CCN(S(C)(=O)=O)CC3)c(=O)cc1[C@H](NC(C)=O)CC2. The smallest absolute Gasteiger partial charge is 0.244 e. The number of nitrogens with one attached hydrogen (secondary N) is 2. The minimum atomic E-state index is -3.33. The first kappa shape index (κ1) is 31.1. The van der Waals surface area contributed by atoms with Gasteiger partial charge in [-0.05, 0) is 54.7 Å². The summed E-state index contributed by atoms with van der Waals surface area (Å²) in [6, 6.07) is 5.58. The van der Waals surface area contributed by atoms with Crippen molar-refractivity contribution >= 4 is 27.5 Å². The molecule has 2 N–H and O–H groups in total. The zero-order valence-electron chi connectivity index (χ0n) is 24.8. The van der Waals surface area contributed by atoms with Crippen LogP contribution in [0.3, 0.4) is 0 Å². The molecular weight excluding hydrogens is 564 g/mol. The summed E-state index contributed by atoms with van der Waals surface area (Å²) in [5.41, 5.74) is 2.79. The van der Waals surface area contributed by atoms with Crippen molar-refractivity contribution in [2.75, 3.05) is 59.1 Å². The highest BCUT2D eigenvalue weighted by atomic mass is 32.2. The molecular formula is C29H38N4O8S. The summed E-state index contributed by atoms with van der Waals surface area (Å²) in [5.74, 6) is 0.887. The number of anilines is 1. The lowest BCUT2D eigenvalue weighted by Crippen LogP contribution is -2.53. The maximum absolute atomic E-state index is 13.6. The number of amides is 2. The molecule has 1 aliphatic heterocycles. The Morgan fingerprint density at radius 2 is 1.67 bits per heavy atom. The van der Waals surface area contributed by atoms with Gasteiger partial charge in [0, 0.05) is 38.7 Å². The van der Waals surface area contributed by atoms with E-state index in [4.69, 9.17) is 14.2 Å². The van der Waals surface area contributed by atoms with Gasteiger partial charge in [-0.15, -0.1) is 0 Å². The van der Waals surface area contributed by atoms with E-state index in [1.807, 2.05) is 6.07 Å². The van der Waals surface area contributed by atoms with E-state index >= 15 is 0 Å². The second-order valence-corrected chi connectivity index (χ2v) is 12.4. The lowest BCUT2D eigenvalue weighted by molar-refractivity contribution is -0.132. The van der Waals surface area contributed by atoms with E-state index in [1.165, 1.54) is 31.5 Å². The second-order valence-electron chi connectivity index (χ2n) is 10.4. The molecule has 2 amide bonds. The highest BCUT2D eigenvalue weighted by Crippen LogP contribution is 2.50. The number of benzene rings is 1. The molecule has 2 atom stereocenters. The summed E-state index contributed by atoms with van der Waals surface area (Å²) in [5, 5.41) is 6.03. The van der Waals surface area contributed by atoms with Crippen LogP contribution in [0.1, 0.15) is 37.4 Å². The van der Waals surface area contributed by atoms with Crippen molar-refractivity contribution in [3.05, 3.63) is 45.6 Å². The first-order valence-electron chi connectivity index (χ1n) is 13.7. The van der Waals surface area contributed by atoms with Crippen molar-refractivity contribution < 1.29 is 32.2 Å². The fourth-order valence-corrected chi connectivity index (χ4v) is 6.46. The largest absolute Gasteiger partial charge is 0.493 e. The number of fused-ring (bicyclic) bond motifs is 3. The molecule has 2 aromatic rings. The summed E-state index contributed by atoms with van der Waals surface area (Å²) in [6.07, 6.45) is 2.25. The first-order chi connectivity index (χ1) is 19.9. The predicted octanol–water partition coefficient (Wildman–Crippen LogP) is 1.77. The molecule has 0 saturated carbocycles. The van der Waals surface area contributed by atoms with Crippen molar-refractivity contribution in [1.29, 1.82) is 0 Å². The van der Waals surface area contributed by atoms with E-state index in [1.54, 1.807) is 31.1 Å². The number of aryl methyl sites for hydroxylation is 1. The summed E-state index contributed by atoms with van der Waals surface area (Å²) in [7, 11) is 1.27. The van der Waals surface area contributed by atoms with Gasteiger partial charge in [0.25, 0.3) is 0 Å². The Kier molecular flexibility index (Phi) is 9.31. The van der Waals surface area contributed by atoms with E-state index in [-0.39, 0.29) is 49.1 Å². The molecule has 0 spiro atoms. The van der Waals surface area contributed by atoms with Crippen LogP contribution >= 0.6 is 0 Å². The van der Waals surface area contributed by atoms with Crippen molar-refractivity contribution in [3.8, 4) is 28.4 Å². The molecule has 0 bridgehead atoms. The number of ether oxygens (including phenoxy) is 3. The Morgan fingerprint density at radius 1 is 1.00 bits per heavy atom. The monoisotopic (exact) mass is 602 g/mol. The van der Waals surface area contributed by atoms with Crippen molar-refractivity contribution in [2.45, 2.75) is 38.8 Å². The standard InChI is InChI=1S/C29H38N4O8S/c1-17(29(36)32-11-13-33(14-12-32)42(6,37)38)30-23-10-8-20-21(16-24(23)35)22(31-18(2)34)9-7-19-15-25(39-3)27(40-4)28(41-5)26(19)20/h8,10,15-17,22H,7,9,11-14H2,1-6H3,(H,30,35)(H,31,34)/t17-,22-/m1/s1. The average molecular weight is 603 g/mol. The minimum Gasteiger partial charge on any atom is -0.493 e. The fraction of sp³-hybridized carbons (Fsp3) is 0.483. The van der Waals surface area contributed by atoms with Gasteiger partial charge in [-0.2, -0.15) is 4.31 Å². The molecule has 13 heteroatoms. The third-order valence-electron chi connectivity index (χ3n) is 7.68. The Labute approximate surface area is 246 Å². The number of piperazine rings is 1. The molecule has 2 aliphatic rings. The van der Waals surface area contributed by atoms with E-state index in [2.05, 4.69) is 10.6 Å². The minimum absolute atomic E-state index is 0.210. The molecule has 4 rings (SSSR count). The number of hydrogen-bond acceptors (Lipinski definition) is 9. The average Bonchev–Trinajstić information content (AvgIpc) is 3.19. The molecule has 1 saturated heterocycles. The van der Waals surface area contributed by atoms with Gasteiger partial charge in [-0.3, -0.25) is 14.4 Å². The lowest BCUT2D eigenvalue weighted by Gasteiger charge is -2.34. The van der Waals surface area contributed by atoms with E-state index < -0.39 is 22.1 Å². The Morgan fingerprint density at radius 3 is 2.24 bits per heavy atom. The molecule has 2 aromatic carbocycles. The molecule has 1 fully saturated rings. The molecule has 0 unspecified atom stereocenters. The third-order valence-corrected chi connectivity index (χ3v) is 8.98. The van der Waals surface area contributed by atoms with Crippen LogP contribution in [0.25, 0.3) is 11.1 Å². The summed E-state index contributed by atoms with van der Waals surface area (Å²) < 4.78 is 42.0. The number of carbonyl (C=O) groups is 2. The third kappa shape index (κ3) is 6.31. The van der Waals surface area contributed by atoms with Crippen LogP contribution < -0.4 is 30.3 Å². The van der Waals surface area contributed by atoms with Crippen molar-refractivity contribution in [1.82, 2.24) is 14.5 Å².